The van der Waals surface area contributed by atoms with Gasteiger partial charge in [-0.2, -0.15) is 0 Å². The monoisotopic (exact) mass is 209 g/mol. The van der Waals surface area contributed by atoms with Crippen molar-refractivity contribution in [2.75, 3.05) is 13.2 Å². The molecular weight excluding hydrogens is 194 g/mol. The van der Waals surface area contributed by atoms with Crippen molar-refractivity contribution in [3.05, 3.63) is 30.3 Å². The predicted molar refractivity (Wildman–Crippen MR) is 56.8 cm³/mol. The lowest BCUT2D eigenvalue weighted by Gasteiger charge is -2.05. The molecule has 0 fully saturated rings. The number of amides is 1. The summed E-state index contributed by atoms with van der Waals surface area (Å²) in [6, 6.07) is 8.88. The van der Waals surface area contributed by atoms with Crippen molar-refractivity contribution in [2.45, 2.75) is 12.8 Å². The summed E-state index contributed by atoms with van der Waals surface area (Å²) >= 11 is 0. The second-order valence-corrected chi connectivity index (χ2v) is 3.06. The van der Waals surface area contributed by atoms with E-state index in [4.69, 9.17) is 9.84 Å². The summed E-state index contributed by atoms with van der Waals surface area (Å²) in [6.45, 7) is 0.668. The molecule has 0 saturated carbocycles. The minimum absolute atomic E-state index is 0.148. The van der Waals surface area contributed by atoms with E-state index in [0.29, 0.717) is 18.7 Å². The van der Waals surface area contributed by atoms with Gasteiger partial charge < -0.3 is 15.2 Å². The second kappa shape index (κ2) is 6.84. The Morgan fingerprint density at radius 2 is 2.00 bits per heavy atom. The highest BCUT2D eigenvalue weighted by Crippen LogP contribution is 2.07. The maximum Gasteiger partial charge on any atom is 0.412 e. The lowest BCUT2D eigenvalue weighted by Crippen LogP contribution is -2.27. The zero-order valence-corrected chi connectivity index (χ0v) is 8.48. The van der Waals surface area contributed by atoms with Crippen LogP contribution < -0.4 is 10.1 Å². The number of unbranched alkanes of at least 4 members (excludes halogenated alkanes) is 1. The van der Waals surface area contributed by atoms with Crippen LogP contribution >= 0.6 is 0 Å². The Balaban J connectivity index is 2.19. The second-order valence-electron chi connectivity index (χ2n) is 3.06. The summed E-state index contributed by atoms with van der Waals surface area (Å²) < 4.78 is 4.98. The van der Waals surface area contributed by atoms with Crippen molar-refractivity contribution >= 4 is 6.09 Å². The van der Waals surface area contributed by atoms with Gasteiger partial charge >= 0.3 is 6.09 Å². The molecule has 0 atom stereocenters. The molecule has 0 unspecified atom stereocenters. The van der Waals surface area contributed by atoms with Gasteiger partial charge in [0.25, 0.3) is 0 Å². The average molecular weight is 209 g/mol. The number of nitrogens with one attached hydrogen (secondary N) is 1. The summed E-state index contributed by atoms with van der Waals surface area (Å²) in [5.41, 5.74) is 0. The molecule has 15 heavy (non-hydrogen) atoms. The smallest absolute Gasteiger partial charge is 0.410 e. The van der Waals surface area contributed by atoms with Gasteiger partial charge in [0.15, 0.2) is 0 Å². The van der Waals surface area contributed by atoms with Crippen LogP contribution in [-0.4, -0.2) is 24.4 Å². The minimum Gasteiger partial charge on any atom is -0.410 e. The Bertz CT molecular complexity index is 287. The molecule has 0 radical (unpaired) electrons. The van der Waals surface area contributed by atoms with Crippen LogP contribution in [0.1, 0.15) is 12.8 Å². The van der Waals surface area contributed by atoms with Crippen molar-refractivity contribution in [3.8, 4) is 5.75 Å². The van der Waals surface area contributed by atoms with Gasteiger partial charge in [-0.1, -0.05) is 18.2 Å². The molecule has 0 aliphatic heterocycles. The van der Waals surface area contributed by atoms with E-state index in [1.165, 1.54) is 0 Å². The van der Waals surface area contributed by atoms with E-state index < -0.39 is 6.09 Å². The predicted octanol–water partition coefficient (Wildman–Crippen LogP) is 1.55. The van der Waals surface area contributed by atoms with E-state index >= 15 is 0 Å². The van der Waals surface area contributed by atoms with E-state index in [1.807, 2.05) is 6.07 Å². The van der Waals surface area contributed by atoms with Gasteiger partial charge in [0.05, 0.1) is 0 Å². The summed E-state index contributed by atoms with van der Waals surface area (Å²) in [4.78, 5) is 11.2. The summed E-state index contributed by atoms with van der Waals surface area (Å²) in [5.74, 6) is 0.525. The Kier molecular flexibility index (Phi) is 5.25. The number of aliphatic hydroxyl groups is 1. The number of para-hydroxylation sites is 1. The first-order valence-corrected chi connectivity index (χ1v) is 4.94. The van der Waals surface area contributed by atoms with E-state index in [1.54, 1.807) is 24.3 Å². The molecule has 82 valence electrons. The van der Waals surface area contributed by atoms with Crippen LogP contribution in [0.25, 0.3) is 0 Å². The van der Waals surface area contributed by atoms with E-state index in [0.717, 1.165) is 6.42 Å². The molecule has 0 saturated heterocycles. The zero-order chi connectivity index (χ0) is 10.9. The van der Waals surface area contributed by atoms with Crippen molar-refractivity contribution in [3.63, 3.8) is 0 Å². The standard InChI is InChI=1S/C11H15NO3/c13-9-5-4-8-12-11(14)15-10-6-2-1-3-7-10/h1-3,6-7,13H,4-5,8-9H2,(H,12,14). The van der Waals surface area contributed by atoms with E-state index in [9.17, 15) is 4.79 Å². The van der Waals surface area contributed by atoms with Gasteiger partial charge in [-0.3, -0.25) is 0 Å². The number of carbonyl (C=O) groups is 1. The molecule has 0 aliphatic rings. The Morgan fingerprint density at radius 3 is 2.67 bits per heavy atom. The normalized spacial score (nSPS) is 9.67. The number of aliphatic hydroxyl groups excluding tert-OH is 1. The summed E-state index contributed by atoms with van der Waals surface area (Å²) in [6.07, 6.45) is 0.977. The Labute approximate surface area is 88.9 Å². The fourth-order valence-electron chi connectivity index (χ4n) is 1.06. The van der Waals surface area contributed by atoms with Gasteiger partial charge in [0.1, 0.15) is 5.75 Å². The lowest BCUT2D eigenvalue weighted by molar-refractivity contribution is 0.199. The van der Waals surface area contributed by atoms with Gasteiger partial charge in [-0.25, -0.2) is 4.79 Å². The summed E-state index contributed by atoms with van der Waals surface area (Å²) in [5, 5.41) is 11.1. The number of benzene rings is 1. The maximum atomic E-state index is 11.2. The molecule has 2 N–H and O–H groups in total. The molecular formula is C11H15NO3. The number of carbonyl (C=O) groups excluding carboxylic acids is 1. The molecule has 1 amide bonds. The highest BCUT2D eigenvalue weighted by atomic mass is 16.5. The van der Waals surface area contributed by atoms with Crippen LogP contribution in [0.3, 0.4) is 0 Å². The first kappa shape index (κ1) is 11.5. The van der Waals surface area contributed by atoms with Crippen molar-refractivity contribution in [1.29, 1.82) is 0 Å². The zero-order valence-electron chi connectivity index (χ0n) is 8.48. The largest absolute Gasteiger partial charge is 0.412 e. The van der Waals surface area contributed by atoms with Crippen LogP contribution in [-0.2, 0) is 0 Å². The fourth-order valence-corrected chi connectivity index (χ4v) is 1.06. The van der Waals surface area contributed by atoms with Crippen LogP contribution in [0.15, 0.2) is 30.3 Å². The highest BCUT2D eigenvalue weighted by molar-refractivity contribution is 5.70. The molecule has 4 nitrogen and oxygen atoms in total. The third-order valence-corrected chi connectivity index (χ3v) is 1.81. The van der Waals surface area contributed by atoms with E-state index in [2.05, 4.69) is 5.32 Å². The van der Waals surface area contributed by atoms with E-state index in [-0.39, 0.29) is 6.61 Å². The van der Waals surface area contributed by atoms with Crippen LogP contribution in [0.5, 0.6) is 5.75 Å². The molecule has 0 heterocycles. The lowest BCUT2D eigenvalue weighted by atomic mass is 10.3. The number of rotatable bonds is 5. The number of hydrogen-bond donors (Lipinski definition) is 2. The van der Waals surface area contributed by atoms with Crippen LogP contribution in [0, 0.1) is 0 Å². The topological polar surface area (TPSA) is 58.6 Å². The molecule has 1 aromatic rings. The number of ether oxygens (including phenoxy) is 1. The average Bonchev–Trinajstić information content (AvgIpc) is 2.26. The van der Waals surface area contributed by atoms with Crippen molar-refractivity contribution in [1.82, 2.24) is 5.32 Å². The quantitative estimate of drug-likeness (QED) is 0.723. The Morgan fingerprint density at radius 1 is 1.27 bits per heavy atom. The van der Waals surface area contributed by atoms with Crippen LogP contribution in [0.4, 0.5) is 4.79 Å². The maximum absolute atomic E-state index is 11.2. The van der Waals surface area contributed by atoms with Gasteiger partial charge in [0.2, 0.25) is 0 Å². The highest BCUT2D eigenvalue weighted by Gasteiger charge is 2.01. The van der Waals surface area contributed by atoms with Crippen molar-refractivity contribution < 1.29 is 14.6 Å². The molecule has 0 aliphatic carbocycles. The first-order chi connectivity index (χ1) is 7.33. The SMILES string of the molecule is O=C(NCCCCO)Oc1ccccc1. The Hall–Kier alpha value is -1.55. The number of hydrogen-bond acceptors (Lipinski definition) is 3. The first-order valence-electron chi connectivity index (χ1n) is 4.94. The third-order valence-electron chi connectivity index (χ3n) is 1.81. The van der Waals surface area contributed by atoms with Crippen LogP contribution in [0.2, 0.25) is 0 Å². The van der Waals surface area contributed by atoms with Gasteiger partial charge in [-0.15, -0.1) is 0 Å². The molecule has 0 spiro atoms. The molecule has 0 aromatic heterocycles. The van der Waals surface area contributed by atoms with Gasteiger partial charge in [0, 0.05) is 13.2 Å². The minimum atomic E-state index is -0.459. The molecule has 1 aromatic carbocycles. The van der Waals surface area contributed by atoms with Crippen molar-refractivity contribution in [2.24, 2.45) is 0 Å². The summed E-state index contributed by atoms with van der Waals surface area (Å²) in [7, 11) is 0. The fraction of sp³-hybridized carbons (Fsp3) is 0.364. The molecule has 1 rings (SSSR count). The van der Waals surface area contributed by atoms with Gasteiger partial charge in [-0.05, 0) is 25.0 Å². The molecule has 0 bridgehead atoms. The molecule has 4 heteroatoms. The third kappa shape index (κ3) is 5.02.